The summed E-state index contributed by atoms with van der Waals surface area (Å²) < 4.78 is 6.75. The van der Waals surface area contributed by atoms with Gasteiger partial charge in [0.25, 0.3) is 5.56 Å². The van der Waals surface area contributed by atoms with Gasteiger partial charge in [-0.05, 0) is 6.92 Å². The maximum Gasteiger partial charge on any atom is 0.330 e. The summed E-state index contributed by atoms with van der Waals surface area (Å²) in [5, 5.41) is 9.02. The number of rotatable bonds is 2. The SMILES string of the molecule is Cc1cn(C2CC(N)C(CO)O2)c(=O)[nH]c1=O.N=N. The maximum atomic E-state index is 11.6. The minimum absolute atomic E-state index is 0.186. The van der Waals surface area contributed by atoms with Crippen LogP contribution in [-0.2, 0) is 4.74 Å². The van der Waals surface area contributed by atoms with Gasteiger partial charge in [0.15, 0.2) is 0 Å². The Kier molecular flexibility index (Phi) is 5.10. The number of hydrogen-bond acceptors (Lipinski definition) is 7. The van der Waals surface area contributed by atoms with Crippen LogP contribution < -0.4 is 17.0 Å². The summed E-state index contributed by atoms with van der Waals surface area (Å²) in [4.78, 5) is 25.0. The van der Waals surface area contributed by atoms with Crippen molar-refractivity contribution in [2.24, 2.45) is 5.73 Å². The van der Waals surface area contributed by atoms with Crippen molar-refractivity contribution in [1.29, 1.82) is 11.1 Å². The molecule has 0 saturated carbocycles. The number of nitrogens with one attached hydrogen (secondary N) is 3. The number of aliphatic hydroxyl groups excluding tert-OH is 1. The Bertz CT molecular complexity index is 539. The van der Waals surface area contributed by atoms with Crippen molar-refractivity contribution in [1.82, 2.24) is 9.55 Å². The number of nitrogens with zero attached hydrogens (tertiary/aromatic N) is 1. The molecule has 1 aliphatic rings. The van der Waals surface area contributed by atoms with Gasteiger partial charge >= 0.3 is 5.69 Å². The van der Waals surface area contributed by atoms with Crippen LogP contribution in [0.3, 0.4) is 0 Å². The molecule has 2 heterocycles. The smallest absolute Gasteiger partial charge is 0.330 e. The molecule has 0 spiro atoms. The van der Waals surface area contributed by atoms with Crippen LogP contribution in [0.5, 0.6) is 0 Å². The quantitative estimate of drug-likeness (QED) is 0.438. The second kappa shape index (κ2) is 6.36. The van der Waals surface area contributed by atoms with Gasteiger partial charge in [-0.25, -0.2) is 15.9 Å². The van der Waals surface area contributed by atoms with Crippen LogP contribution in [0, 0.1) is 18.0 Å². The van der Waals surface area contributed by atoms with Gasteiger partial charge in [-0.2, -0.15) is 0 Å². The Hall–Kier alpha value is -1.84. The number of aryl methyl sites for hydroxylation is 1. The average molecular weight is 271 g/mol. The highest BCUT2D eigenvalue weighted by molar-refractivity contribution is 5.02. The van der Waals surface area contributed by atoms with Gasteiger partial charge in [-0.3, -0.25) is 14.3 Å². The van der Waals surface area contributed by atoms with E-state index >= 15 is 0 Å². The first kappa shape index (κ1) is 15.2. The molecule has 0 amide bonds. The molecule has 1 aliphatic heterocycles. The molecule has 19 heavy (non-hydrogen) atoms. The van der Waals surface area contributed by atoms with Crippen LogP contribution in [0.4, 0.5) is 0 Å². The monoisotopic (exact) mass is 271 g/mol. The summed E-state index contributed by atoms with van der Waals surface area (Å²) in [6.45, 7) is 1.42. The van der Waals surface area contributed by atoms with E-state index in [1.165, 1.54) is 10.8 Å². The highest BCUT2D eigenvalue weighted by atomic mass is 16.5. The Morgan fingerprint density at radius 1 is 1.58 bits per heavy atom. The molecule has 2 rings (SSSR count). The lowest BCUT2D eigenvalue weighted by atomic mass is 10.1. The highest BCUT2D eigenvalue weighted by Crippen LogP contribution is 2.25. The molecule has 1 aromatic heterocycles. The normalized spacial score (nSPS) is 25.7. The summed E-state index contributed by atoms with van der Waals surface area (Å²) in [5.74, 6) is 0. The molecule has 1 aromatic rings. The second-order valence-electron chi connectivity index (χ2n) is 4.19. The third-order valence-corrected chi connectivity index (χ3v) is 2.92. The molecule has 6 N–H and O–H groups in total. The van der Waals surface area contributed by atoms with Gasteiger partial charge in [0.05, 0.1) is 12.7 Å². The van der Waals surface area contributed by atoms with Crippen molar-refractivity contribution in [3.05, 3.63) is 32.6 Å². The second-order valence-corrected chi connectivity index (χ2v) is 4.19. The number of aliphatic hydroxyl groups is 1. The van der Waals surface area contributed by atoms with Gasteiger partial charge in [0.1, 0.15) is 6.23 Å². The Balaban J connectivity index is 0.000000861. The molecule has 9 nitrogen and oxygen atoms in total. The molecular formula is C10H17N5O4. The fourth-order valence-electron chi connectivity index (χ4n) is 1.90. The number of hydrogen-bond donors (Lipinski definition) is 5. The zero-order valence-electron chi connectivity index (χ0n) is 10.4. The van der Waals surface area contributed by atoms with Crippen LogP contribution in [0.15, 0.2) is 15.8 Å². The number of aromatic nitrogens is 2. The topological polar surface area (TPSA) is 158 Å². The first-order chi connectivity index (χ1) is 9.02. The van der Waals surface area contributed by atoms with Crippen molar-refractivity contribution >= 4 is 0 Å². The van der Waals surface area contributed by atoms with Crippen molar-refractivity contribution in [2.75, 3.05) is 6.61 Å². The molecule has 0 aromatic carbocycles. The zero-order valence-corrected chi connectivity index (χ0v) is 10.4. The molecule has 1 saturated heterocycles. The van der Waals surface area contributed by atoms with E-state index in [9.17, 15) is 9.59 Å². The van der Waals surface area contributed by atoms with Crippen LogP contribution in [0.25, 0.3) is 0 Å². The molecule has 0 aliphatic carbocycles. The highest BCUT2D eigenvalue weighted by Gasteiger charge is 2.33. The number of nitrogens with two attached hydrogens (primary N) is 1. The number of aromatic amines is 1. The number of H-pyrrole nitrogens is 1. The third kappa shape index (κ3) is 3.13. The van der Waals surface area contributed by atoms with Crippen molar-refractivity contribution in [3.63, 3.8) is 0 Å². The van der Waals surface area contributed by atoms with Gasteiger partial charge in [-0.15, -0.1) is 0 Å². The summed E-state index contributed by atoms with van der Waals surface area (Å²) in [6, 6.07) is -0.316. The van der Waals surface area contributed by atoms with E-state index in [2.05, 4.69) is 4.98 Å². The van der Waals surface area contributed by atoms with Crippen LogP contribution in [0.2, 0.25) is 0 Å². The Morgan fingerprint density at radius 2 is 2.21 bits per heavy atom. The molecule has 9 heteroatoms. The summed E-state index contributed by atoms with van der Waals surface area (Å²) in [5.41, 5.74) is 15.2. The largest absolute Gasteiger partial charge is 0.394 e. The fourth-order valence-corrected chi connectivity index (χ4v) is 1.90. The zero-order chi connectivity index (χ0) is 14.6. The summed E-state index contributed by atoms with van der Waals surface area (Å²) >= 11 is 0. The van der Waals surface area contributed by atoms with Crippen molar-refractivity contribution in [3.8, 4) is 0 Å². The molecular weight excluding hydrogens is 254 g/mol. The van der Waals surface area contributed by atoms with E-state index in [4.69, 9.17) is 26.6 Å². The number of ether oxygens (including phenoxy) is 1. The predicted octanol–water partition coefficient (Wildman–Crippen LogP) is -0.952. The summed E-state index contributed by atoms with van der Waals surface area (Å²) in [7, 11) is 0. The van der Waals surface area contributed by atoms with E-state index in [1.54, 1.807) is 6.92 Å². The van der Waals surface area contributed by atoms with E-state index in [1.807, 2.05) is 0 Å². The standard InChI is InChI=1S/C10H15N3O4.H2N2/c1-5-3-13(10(16)12-9(5)15)8-2-6(11)7(4-14)17-8;1-2/h3,6-8,14H,2,4,11H2,1H3,(H,12,15,16);1-2H. The predicted molar refractivity (Wildman–Crippen MR) is 65.1 cm³/mol. The lowest BCUT2D eigenvalue weighted by Crippen LogP contribution is -2.33. The molecule has 0 radical (unpaired) electrons. The molecule has 0 bridgehead atoms. The molecule has 106 valence electrons. The van der Waals surface area contributed by atoms with E-state index < -0.39 is 23.6 Å². The lowest BCUT2D eigenvalue weighted by Gasteiger charge is -2.14. The van der Waals surface area contributed by atoms with Gasteiger partial charge in [-0.1, -0.05) is 0 Å². The Morgan fingerprint density at radius 3 is 2.74 bits per heavy atom. The minimum Gasteiger partial charge on any atom is -0.394 e. The Labute approximate surface area is 108 Å². The maximum absolute atomic E-state index is 11.6. The van der Waals surface area contributed by atoms with Crippen LogP contribution in [0.1, 0.15) is 18.2 Å². The van der Waals surface area contributed by atoms with E-state index in [0.717, 1.165) is 0 Å². The fraction of sp³-hybridized carbons (Fsp3) is 0.600. The minimum atomic E-state index is -0.537. The molecule has 3 unspecified atom stereocenters. The van der Waals surface area contributed by atoms with E-state index in [0.29, 0.717) is 12.0 Å². The van der Waals surface area contributed by atoms with Gasteiger partial charge in [0.2, 0.25) is 0 Å². The van der Waals surface area contributed by atoms with E-state index in [-0.39, 0.29) is 12.6 Å². The van der Waals surface area contributed by atoms with Crippen LogP contribution in [-0.4, -0.2) is 33.4 Å². The van der Waals surface area contributed by atoms with Crippen molar-refractivity contribution < 1.29 is 9.84 Å². The van der Waals surface area contributed by atoms with Gasteiger partial charge < -0.3 is 15.6 Å². The summed E-state index contributed by atoms with van der Waals surface area (Å²) in [6.07, 6.45) is 0.860. The van der Waals surface area contributed by atoms with Crippen LogP contribution >= 0.6 is 0 Å². The lowest BCUT2D eigenvalue weighted by molar-refractivity contribution is -0.0271. The average Bonchev–Trinajstić information content (AvgIpc) is 2.77. The first-order valence-corrected chi connectivity index (χ1v) is 5.62. The van der Waals surface area contributed by atoms with Crippen molar-refractivity contribution in [2.45, 2.75) is 31.7 Å². The third-order valence-electron chi connectivity index (χ3n) is 2.92. The molecule has 3 atom stereocenters. The molecule has 1 fully saturated rings. The first-order valence-electron chi connectivity index (χ1n) is 5.62. The van der Waals surface area contributed by atoms with Gasteiger partial charge in [0, 0.05) is 24.2 Å².